The van der Waals surface area contributed by atoms with Gasteiger partial charge in [-0.3, -0.25) is 0 Å². The molecule has 0 spiro atoms. The molecule has 0 saturated heterocycles. The van der Waals surface area contributed by atoms with E-state index in [-0.39, 0.29) is 0 Å². The van der Waals surface area contributed by atoms with Gasteiger partial charge in [-0.25, -0.2) is 9.78 Å². The van der Waals surface area contributed by atoms with Crippen molar-refractivity contribution in [2.24, 2.45) is 0 Å². The average Bonchev–Trinajstić information content (AvgIpc) is 2.14. The Bertz CT molecular complexity index is 465. The standard InChI is InChI=1S/C8H3F3N2O3/c9-8(10,11)16-5-1-4(3-12)13-6(2-5)7(14)15/h1-2H,(H,14,15). The van der Waals surface area contributed by atoms with Gasteiger partial charge in [0.15, 0.2) is 5.69 Å². The lowest BCUT2D eigenvalue weighted by Gasteiger charge is -2.08. The fourth-order valence-electron chi connectivity index (χ4n) is 0.865. The number of ether oxygens (including phenoxy) is 1. The quantitative estimate of drug-likeness (QED) is 0.836. The van der Waals surface area contributed by atoms with Crippen LogP contribution in [0.25, 0.3) is 0 Å². The summed E-state index contributed by atoms with van der Waals surface area (Å²) in [6.07, 6.45) is -4.95. The van der Waals surface area contributed by atoms with E-state index >= 15 is 0 Å². The van der Waals surface area contributed by atoms with Crippen LogP contribution in [0, 0.1) is 11.3 Å². The van der Waals surface area contributed by atoms with Crippen LogP contribution in [0.5, 0.6) is 5.75 Å². The van der Waals surface area contributed by atoms with Gasteiger partial charge in [0.05, 0.1) is 0 Å². The Morgan fingerprint density at radius 1 is 1.50 bits per heavy atom. The van der Waals surface area contributed by atoms with E-state index < -0.39 is 29.5 Å². The molecule has 0 aliphatic carbocycles. The number of pyridine rings is 1. The number of nitriles is 1. The van der Waals surface area contributed by atoms with E-state index in [1.54, 1.807) is 0 Å². The van der Waals surface area contributed by atoms with Gasteiger partial charge in [0.25, 0.3) is 0 Å². The van der Waals surface area contributed by atoms with E-state index in [4.69, 9.17) is 10.4 Å². The number of aromatic carboxylic acids is 1. The number of carbonyl (C=O) groups is 1. The van der Waals surface area contributed by atoms with Gasteiger partial charge in [-0.15, -0.1) is 13.2 Å². The van der Waals surface area contributed by atoms with Crippen molar-refractivity contribution in [2.45, 2.75) is 6.36 Å². The van der Waals surface area contributed by atoms with Gasteiger partial charge in [0.1, 0.15) is 17.5 Å². The van der Waals surface area contributed by atoms with Gasteiger partial charge in [-0.1, -0.05) is 0 Å². The summed E-state index contributed by atoms with van der Waals surface area (Å²) in [5, 5.41) is 16.9. The first-order valence-electron chi connectivity index (χ1n) is 3.73. The van der Waals surface area contributed by atoms with E-state index in [9.17, 15) is 18.0 Å². The van der Waals surface area contributed by atoms with Crippen LogP contribution in [0.2, 0.25) is 0 Å². The number of aromatic nitrogens is 1. The molecule has 0 fully saturated rings. The molecule has 0 aliphatic heterocycles. The third-order valence-corrected chi connectivity index (χ3v) is 1.37. The monoisotopic (exact) mass is 232 g/mol. The van der Waals surface area contributed by atoms with Crippen molar-refractivity contribution in [3.05, 3.63) is 23.5 Å². The van der Waals surface area contributed by atoms with Crippen LogP contribution in [0.1, 0.15) is 16.2 Å². The van der Waals surface area contributed by atoms with Crippen molar-refractivity contribution in [1.29, 1.82) is 5.26 Å². The molecule has 16 heavy (non-hydrogen) atoms. The Morgan fingerprint density at radius 3 is 2.56 bits per heavy atom. The summed E-state index contributed by atoms with van der Waals surface area (Å²) >= 11 is 0. The molecular weight excluding hydrogens is 229 g/mol. The number of carboxylic acids is 1. The Kier molecular flexibility index (Phi) is 2.99. The molecule has 84 valence electrons. The highest BCUT2D eigenvalue weighted by Crippen LogP contribution is 2.23. The van der Waals surface area contributed by atoms with Gasteiger partial charge < -0.3 is 9.84 Å². The molecule has 5 nitrogen and oxygen atoms in total. The molecule has 0 aliphatic rings. The highest BCUT2D eigenvalue weighted by atomic mass is 19.4. The molecule has 1 aromatic heterocycles. The SMILES string of the molecule is N#Cc1cc(OC(F)(F)F)cc(C(=O)O)n1. The second-order valence-corrected chi connectivity index (χ2v) is 2.54. The number of hydrogen-bond acceptors (Lipinski definition) is 4. The first kappa shape index (κ1) is 11.8. The third kappa shape index (κ3) is 3.13. The minimum atomic E-state index is -4.95. The number of halogens is 3. The number of rotatable bonds is 2. The van der Waals surface area contributed by atoms with Gasteiger partial charge in [-0.2, -0.15) is 5.26 Å². The summed E-state index contributed by atoms with van der Waals surface area (Å²) in [4.78, 5) is 13.8. The molecule has 1 N–H and O–H groups in total. The van der Waals surface area contributed by atoms with Crippen molar-refractivity contribution in [1.82, 2.24) is 4.98 Å². The summed E-state index contributed by atoms with van der Waals surface area (Å²) < 4.78 is 39.0. The molecule has 0 aromatic carbocycles. The van der Waals surface area contributed by atoms with E-state index in [1.807, 2.05) is 0 Å². The number of nitrogens with zero attached hydrogens (tertiary/aromatic N) is 2. The van der Waals surface area contributed by atoms with Crippen molar-refractivity contribution in [3.8, 4) is 11.8 Å². The number of hydrogen-bond donors (Lipinski definition) is 1. The first-order valence-corrected chi connectivity index (χ1v) is 3.73. The van der Waals surface area contributed by atoms with Gasteiger partial charge >= 0.3 is 12.3 Å². The molecule has 0 unspecified atom stereocenters. The van der Waals surface area contributed by atoms with Crippen LogP contribution in [-0.4, -0.2) is 22.4 Å². The molecule has 0 radical (unpaired) electrons. The molecule has 1 aromatic rings. The lowest BCUT2D eigenvalue weighted by Crippen LogP contribution is -2.18. The maximum absolute atomic E-state index is 11.8. The van der Waals surface area contributed by atoms with Crippen molar-refractivity contribution in [2.75, 3.05) is 0 Å². The molecule has 1 rings (SSSR count). The van der Waals surface area contributed by atoms with Gasteiger partial charge in [-0.05, 0) is 0 Å². The normalized spacial score (nSPS) is 10.6. The zero-order valence-electron chi connectivity index (χ0n) is 7.45. The second kappa shape index (κ2) is 4.06. The van der Waals surface area contributed by atoms with Gasteiger partial charge in [0.2, 0.25) is 0 Å². The summed E-state index contributed by atoms with van der Waals surface area (Å²) in [5.41, 5.74) is -1.17. The predicted molar refractivity (Wildman–Crippen MR) is 42.6 cm³/mol. The smallest absolute Gasteiger partial charge is 0.477 e. The number of alkyl halides is 3. The minimum Gasteiger partial charge on any atom is -0.477 e. The predicted octanol–water partition coefficient (Wildman–Crippen LogP) is 1.55. The minimum absolute atomic E-state index is 0.473. The largest absolute Gasteiger partial charge is 0.573 e. The van der Waals surface area contributed by atoms with E-state index in [1.165, 1.54) is 6.07 Å². The Balaban J connectivity index is 3.16. The van der Waals surface area contributed by atoms with Crippen LogP contribution in [0.4, 0.5) is 13.2 Å². The summed E-state index contributed by atoms with van der Waals surface area (Å²) in [5.74, 6) is -2.35. The Hall–Kier alpha value is -2.30. The molecule has 0 atom stereocenters. The molecule has 0 amide bonds. The lowest BCUT2D eigenvalue weighted by atomic mass is 10.3. The first-order chi connectivity index (χ1) is 7.31. The van der Waals surface area contributed by atoms with Crippen molar-refractivity contribution < 1.29 is 27.8 Å². The van der Waals surface area contributed by atoms with Crippen LogP contribution in [0.3, 0.4) is 0 Å². The van der Waals surface area contributed by atoms with Gasteiger partial charge in [0, 0.05) is 12.1 Å². The maximum Gasteiger partial charge on any atom is 0.573 e. The zero-order chi connectivity index (χ0) is 12.3. The average molecular weight is 232 g/mol. The highest BCUT2D eigenvalue weighted by Gasteiger charge is 2.31. The molecule has 1 heterocycles. The molecule has 0 bridgehead atoms. The zero-order valence-corrected chi connectivity index (χ0v) is 7.45. The Labute approximate surface area is 86.7 Å². The van der Waals surface area contributed by atoms with Crippen LogP contribution >= 0.6 is 0 Å². The van der Waals surface area contributed by atoms with Crippen LogP contribution in [0.15, 0.2) is 12.1 Å². The Morgan fingerprint density at radius 2 is 2.12 bits per heavy atom. The maximum atomic E-state index is 11.8. The van der Waals surface area contributed by atoms with E-state index in [0.29, 0.717) is 12.1 Å². The molecular formula is C8H3F3N2O3. The second-order valence-electron chi connectivity index (χ2n) is 2.54. The van der Waals surface area contributed by atoms with Crippen molar-refractivity contribution >= 4 is 5.97 Å². The fourth-order valence-corrected chi connectivity index (χ4v) is 0.865. The van der Waals surface area contributed by atoms with E-state index in [0.717, 1.165) is 0 Å². The van der Waals surface area contributed by atoms with E-state index in [2.05, 4.69) is 9.72 Å². The number of carboxylic acid groups (broad SMARTS) is 1. The summed E-state index contributed by atoms with van der Waals surface area (Å²) in [7, 11) is 0. The van der Waals surface area contributed by atoms with Crippen LogP contribution < -0.4 is 4.74 Å². The third-order valence-electron chi connectivity index (χ3n) is 1.37. The topological polar surface area (TPSA) is 83.2 Å². The highest BCUT2D eigenvalue weighted by molar-refractivity contribution is 5.85. The van der Waals surface area contributed by atoms with Crippen LogP contribution in [-0.2, 0) is 0 Å². The fraction of sp³-hybridized carbons (Fsp3) is 0.125. The molecule has 8 heteroatoms. The summed E-state index contributed by atoms with van der Waals surface area (Å²) in [6.45, 7) is 0. The summed E-state index contributed by atoms with van der Waals surface area (Å²) in [6, 6.07) is 2.70. The lowest BCUT2D eigenvalue weighted by molar-refractivity contribution is -0.274. The van der Waals surface area contributed by atoms with Crippen molar-refractivity contribution in [3.63, 3.8) is 0 Å². The molecule has 0 saturated carbocycles.